The first-order valence-electron chi connectivity index (χ1n) is 7.53. The Morgan fingerprint density at radius 1 is 1.50 bits per heavy atom. The number of carbonyl (C=O) groups excluding carboxylic acids is 1. The van der Waals surface area contributed by atoms with E-state index in [-0.39, 0.29) is 23.0 Å². The standard InChI is InChI=1S/C15H18N2O3S2/c1-2-10-7-11-13(22-10)16-15(21)17(14(11)19)8-12(18)20-9-5-3-4-6-9/h7,9H,2-6,8H2,1H3,(H,16,21). The molecular formula is C15H18N2O3S2. The monoisotopic (exact) mass is 338 g/mol. The third-order valence-corrected chi connectivity index (χ3v) is 5.48. The first kappa shape index (κ1) is 15.4. The summed E-state index contributed by atoms with van der Waals surface area (Å²) in [5, 5.41) is 0.587. The molecule has 1 fully saturated rings. The highest BCUT2D eigenvalue weighted by Crippen LogP contribution is 2.22. The Morgan fingerprint density at radius 3 is 2.91 bits per heavy atom. The van der Waals surface area contributed by atoms with Crippen molar-refractivity contribution < 1.29 is 9.53 Å². The van der Waals surface area contributed by atoms with Crippen molar-refractivity contribution >= 4 is 39.7 Å². The molecule has 0 radical (unpaired) electrons. The molecular weight excluding hydrogens is 320 g/mol. The average Bonchev–Trinajstić information content (AvgIpc) is 3.12. The van der Waals surface area contributed by atoms with Gasteiger partial charge in [-0.05, 0) is 50.4 Å². The smallest absolute Gasteiger partial charge is 0.326 e. The zero-order chi connectivity index (χ0) is 15.7. The second kappa shape index (κ2) is 6.34. The molecule has 1 saturated carbocycles. The van der Waals surface area contributed by atoms with Gasteiger partial charge in [-0.1, -0.05) is 6.92 Å². The van der Waals surface area contributed by atoms with Gasteiger partial charge in [-0.15, -0.1) is 11.3 Å². The molecule has 5 nitrogen and oxygen atoms in total. The Labute approximate surface area is 136 Å². The maximum absolute atomic E-state index is 12.5. The number of aromatic nitrogens is 2. The molecule has 0 atom stereocenters. The van der Waals surface area contributed by atoms with Gasteiger partial charge in [0.1, 0.15) is 17.5 Å². The van der Waals surface area contributed by atoms with Gasteiger partial charge in [0.25, 0.3) is 5.56 Å². The summed E-state index contributed by atoms with van der Waals surface area (Å²) < 4.78 is 6.97. The van der Waals surface area contributed by atoms with Crippen molar-refractivity contribution in [3.8, 4) is 0 Å². The lowest BCUT2D eigenvalue weighted by atomic mass is 10.3. The van der Waals surface area contributed by atoms with E-state index in [1.165, 1.54) is 15.9 Å². The van der Waals surface area contributed by atoms with Gasteiger partial charge in [-0.3, -0.25) is 14.2 Å². The summed E-state index contributed by atoms with van der Waals surface area (Å²) in [6, 6.07) is 1.87. The maximum atomic E-state index is 12.5. The van der Waals surface area contributed by atoms with Crippen LogP contribution in [0.3, 0.4) is 0 Å². The van der Waals surface area contributed by atoms with Crippen molar-refractivity contribution in [3.05, 3.63) is 26.1 Å². The van der Waals surface area contributed by atoms with Crippen molar-refractivity contribution in [2.75, 3.05) is 0 Å². The van der Waals surface area contributed by atoms with Crippen LogP contribution in [0.4, 0.5) is 0 Å². The molecule has 0 spiro atoms. The number of nitrogens with zero attached hydrogens (tertiary/aromatic N) is 1. The summed E-state index contributed by atoms with van der Waals surface area (Å²) in [7, 11) is 0. The number of aryl methyl sites for hydroxylation is 1. The van der Waals surface area contributed by atoms with Crippen LogP contribution in [0, 0.1) is 4.77 Å². The maximum Gasteiger partial charge on any atom is 0.326 e. The molecule has 2 heterocycles. The highest BCUT2D eigenvalue weighted by Gasteiger charge is 2.20. The predicted molar refractivity (Wildman–Crippen MR) is 89.0 cm³/mol. The summed E-state index contributed by atoms with van der Waals surface area (Å²) in [5.41, 5.74) is -0.224. The Balaban J connectivity index is 1.88. The predicted octanol–water partition coefficient (Wildman–Crippen LogP) is 3.17. The molecule has 0 unspecified atom stereocenters. The van der Waals surface area contributed by atoms with Crippen molar-refractivity contribution in [2.45, 2.75) is 51.7 Å². The van der Waals surface area contributed by atoms with Crippen LogP contribution in [0.5, 0.6) is 0 Å². The van der Waals surface area contributed by atoms with Crippen LogP contribution in [0.25, 0.3) is 10.2 Å². The minimum atomic E-state index is -0.390. The molecule has 0 bridgehead atoms. The van der Waals surface area contributed by atoms with E-state index in [0.29, 0.717) is 5.39 Å². The number of hydrogen-bond acceptors (Lipinski definition) is 5. The van der Waals surface area contributed by atoms with E-state index >= 15 is 0 Å². The van der Waals surface area contributed by atoms with Crippen LogP contribution in [0.2, 0.25) is 0 Å². The molecule has 0 saturated heterocycles. The first-order chi connectivity index (χ1) is 10.6. The lowest BCUT2D eigenvalue weighted by molar-refractivity contribution is -0.149. The molecule has 1 N–H and O–H groups in total. The topological polar surface area (TPSA) is 64.1 Å². The molecule has 3 rings (SSSR count). The van der Waals surface area contributed by atoms with Crippen molar-refractivity contribution in [3.63, 3.8) is 0 Å². The van der Waals surface area contributed by atoms with Crippen molar-refractivity contribution in [1.29, 1.82) is 0 Å². The third kappa shape index (κ3) is 3.01. The van der Waals surface area contributed by atoms with Gasteiger partial charge in [-0.25, -0.2) is 0 Å². The number of hydrogen-bond donors (Lipinski definition) is 1. The van der Waals surface area contributed by atoms with E-state index in [9.17, 15) is 9.59 Å². The van der Waals surface area contributed by atoms with Crippen LogP contribution in [0.15, 0.2) is 10.9 Å². The number of nitrogens with one attached hydrogen (secondary N) is 1. The molecule has 118 valence electrons. The Hall–Kier alpha value is -1.47. The fourth-order valence-electron chi connectivity index (χ4n) is 2.77. The Morgan fingerprint density at radius 2 is 2.23 bits per heavy atom. The van der Waals surface area contributed by atoms with Gasteiger partial charge >= 0.3 is 5.97 Å². The number of ether oxygens (including phenoxy) is 1. The van der Waals surface area contributed by atoms with Crippen LogP contribution < -0.4 is 5.56 Å². The number of aromatic amines is 1. The molecule has 1 aliphatic carbocycles. The zero-order valence-electron chi connectivity index (χ0n) is 12.4. The summed E-state index contributed by atoms with van der Waals surface area (Å²) in [4.78, 5) is 29.5. The van der Waals surface area contributed by atoms with Gasteiger partial charge in [-0.2, -0.15) is 0 Å². The molecule has 1 aliphatic rings. The van der Waals surface area contributed by atoms with E-state index in [4.69, 9.17) is 17.0 Å². The summed E-state index contributed by atoms with van der Waals surface area (Å²) in [5.74, 6) is -0.390. The van der Waals surface area contributed by atoms with E-state index in [0.717, 1.165) is 41.8 Å². The van der Waals surface area contributed by atoms with E-state index in [2.05, 4.69) is 4.98 Å². The van der Waals surface area contributed by atoms with Crippen LogP contribution in [0.1, 0.15) is 37.5 Å². The van der Waals surface area contributed by atoms with Gasteiger partial charge in [0, 0.05) is 4.88 Å². The second-order valence-electron chi connectivity index (χ2n) is 5.53. The number of rotatable bonds is 4. The lowest BCUT2D eigenvalue weighted by Crippen LogP contribution is -2.28. The van der Waals surface area contributed by atoms with Gasteiger partial charge in [0.15, 0.2) is 4.77 Å². The van der Waals surface area contributed by atoms with Crippen molar-refractivity contribution in [1.82, 2.24) is 9.55 Å². The zero-order valence-corrected chi connectivity index (χ0v) is 14.0. The third-order valence-electron chi connectivity index (χ3n) is 3.96. The summed E-state index contributed by atoms with van der Waals surface area (Å²) in [6.07, 6.45) is 4.88. The number of H-pyrrole nitrogens is 1. The number of thiophene rings is 1. The van der Waals surface area contributed by atoms with Gasteiger partial charge < -0.3 is 9.72 Å². The summed E-state index contributed by atoms with van der Waals surface area (Å²) in [6.45, 7) is 1.91. The van der Waals surface area contributed by atoms with E-state index in [1.807, 2.05) is 13.0 Å². The fraction of sp³-hybridized carbons (Fsp3) is 0.533. The molecule has 22 heavy (non-hydrogen) atoms. The van der Waals surface area contributed by atoms with Crippen LogP contribution >= 0.6 is 23.6 Å². The first-order valence-corrected chi connectivity index (χ1v) is 8.76. The Bertz CT molecular complexity index is 812. The quantitative estimate of drug-likeness (QED) is 0.687. The number of fused-ring (bicyclic) bond motifs is 1. The Kier molecular flexibility index (Phi) is 4.44. The number of esters is 1. The molecule has 7 heteroatoms. The normalized spacial score (nSPS) is 15.5. The van der Waals surface area contributed by atoms with Crippen LogP contribution in [-0.2, 0) is 22.5 Å². The molecule has 0 amide bonds. The highest BCUT2D eigenvalue weighted by molar-refractivity contribution is 7.71. The molecule has 0 aliphatic heterocycles. The molecule has 2 aromatic rings. The molecule has 0 aromatic carbocycles. The van der Waals surface area contributed by atoms with Crippen LogP contribution in [-0.4, -0.2) is 21.6 Å². The largest absolute Gasteiger partial charge is 0.461 e. The lowest BCUT2D eigenvalue weighted by Gasteiger charge is -2.12. The van der Waals surface area contributed by atoms with E-state index < -0.39 is 5.97 Å². The van der Waals surface area contributed by atoms with E-state index in [1.54, 1.807) is 0 Å². The average molecular weight is 338 g/mol. The number of carbonyl (C=O) groups is 1. The second-order valence-corrected chi connectivity index (χ2v) is 7.05. The minimum absolute atomic E-state index is 0.00248. The van der Waals surface area contributed by atoms with Gasteiger partial charge in [0.2, 0.25) is 0 Å². The summed E-state index contributed by atoms with van der Waals surface area (Å²) >= 11 is 6.75. The van der Waals surface area contributed by atoms with Gasteiger partial charge in [0.05, 0.1) is 5.39 Å². The highest BCUT2D eigenvalue weighted by atomic mass is 32.1. The van der Waals surface area contributed by atoms with Crippen molar-refractivity contribution in [2.24, 2.45) is 0 Å². The minimum Gasteiger partial charge on any atom is -0.461 e. The SMILES string of the molecule is CCc1cc2c(=O)n(CC(=O)OC3CCCC3)c(=S)[nH]c2s1. The fourth-order valence-corrected chi connectivity index (χ4v) is 4.07. The molecule has 2 aromatic heterocycles.